The van der Waals surface area contributed by atoms with Crippen molar-refractivity contribution >= 4 is 23.0 Å². The number of nitrogens with one attached hydrogen (secondary N) is 1. The molecule has 8 nitrogen and oxygen atoms in total. The molecule has 0 aliphatic carbocycles. The van der Waals surface area contributed by atoms with Crippen molar-refractivity contribution in [2.45, 2.75) is 0 Å². The molecule has 0 aliphatic rings. The minimum atomic E-state index is 0.0639. The van der Waals surface area contributed by atoms with Crippen LogP contribution in [0.5, 0.6) is 5.75 Å². The smallest absolute Gasteiger partial charge is 0.152 e. The highest BCUT2D eigenvalue weighted by Gasteiger charge is 2.11. The van der Waals surface area contributed by atoms with Crippen LogP contribution in [0.25, 0.3) is 0 Å². The predicted molar refractivity (Wildman–Crippen MR) is 87.7 cm³/mol. The maximum atomic E-state index is 9.67. The summed E-state index contributed by atoms with van der Waals surface area (Å²) in [4.78, 5) is 0. The molecule has 0 amide bonds. The van der Waals surface area contributed by atoms with Gasteiger partial charge in [0.25, 0.3) is 0 Å². The molecule has 2 aromatic rings. The van der Waals surface area contributed by atoms with Gasteiger partial charge in [0, 0.05) is 22.9 Å². The molecular weight excluding hydrogens is 282 g/mol. The molecule has 22 heavy (non-hydrogen) atoms. The van der Waals surface area contributed by atoms with E-state index in [1.165, 1.54) is 12.1 Å². The number of hydrogen-bond donors (Lipinski definition) is 6. The molecule has 2 aromatic carbocycles. The number of hydrazone groups is 2. The van der Waals surface area contributed by atoms with E-state index in [0.717, 1.165) is 0 Å². The monoisotopic (exact) mass is 299 g/mol. The van der Waals surface area contributed by atoms with Crippen molar-refractivity contribution in [1.29, 1.82) is 0 Å². The summed E-state index contributed by atoms with van der Waals surface area (Å²) in [7, 11) is 0. The van der Waals surface area contributed by atoms with E-state index in [4.69, 9.17) is 23.2 Å². The Balaban J connectivity index is 2.50. The Morgan fingerprint density at radius 3 is 2.09 bits per heavy atom. The number of nitrogens with two attached hydrogens (primary N) is 4. The molecular formula is C14H17N7O. The van der Waals surface area contributed by atoms with E-state index in [2.05, 4.69) is 15.5 Å². The maximum absolute atomic E-state index is 9.67. The molecule has 0 bridgehead atoms. The average Bonchev–Trinajstić information content (AvgIpc) is 2.54. The number of phenols is 1. The molecule has 0 heterocycles. The molecule has 0 aliphatic heterocycles. The third-order valence-electron chi connectivity index (χ3n) is 3.03. The van der Waals surface area contributed by atoms with Gasteiger partial charge in [-0.25, -0.2) is 0 Å². The summed E-state index contributed by atoms with van der Waals surface area (Å²) in [6, 6.07) is 11.8. The molecule has 0 spiro atoms. The lowest BCUT2D eigenvalue weighted by atomic mass is 10.1. The lowest BCUT2D eigenvalue weighted by molar-refractivity contribution is 0.475. The topological polar surface area (TPSA) is 161 Å². The van der Waals surface area contributed by atoms with Gasteiger partial charge in [-0.1, -0.05) is 12.1 Å². The average molecular weight is 299 g/mol. The van der Waals surface area contributed by atoms with E-state index >= 15 is 0 Å². The number of benzene rings is 2. The number of nitrogens with zero attached hydrogens (tertiary/aromatic N) is 2. The SMILES string of the molecule is NN=C(N)c1ccccc1Nc1cc(O)ccc1C(N)=NN. The first-order valence-corrected chi connectivity index (χ1v) is 6.33. The Kier molecular flexibility index (Phi) is 4.33. The van der Waals surface area contributed by atoms with Gasteiger partial charge in [0.1, 0.15) is 5.75 Å². The number of anilines is 2. The molecule has 10 N–H and O–H groups in total. The second-order valence-electron chi connectivity index (χ2n) is 4.43. The van der Waals surface area contributed by atoms with Crippen molar-refractivity contribution in [3.05, 3.63) is 53.6 Å². The molecule has 0 unspecified atom stereocenters. The van der Waals surface area contributed by atoms with Crippen LogP contribution in [-0.4, -0.2) is 16.8 Å². The third-order valence-corrected chi connectivity index (χ3v) is 3.03. The van der Waals surface area contributed by atoms with Crippen LogP contribution in [-0.2, 0) is 0 Å². The molecule has 114 valence electrons. The predicted octanol–water partition coefficient (Wildman–Crippen LogP) is 0.294. The van der Waals surface area contributed by atoms with E-state index in [1.54, 1.807) is 24.3 Å². The van der Waals surface area contributed by atoms with E-state index in [0.29, 0.717) is 22.5 Å². The third kappa shape index (κ3) is 3.01. The van der Waals surface area contributed by atoms with E-state index in [-0.39, 0.29) is 17.4 Å². The zero-order valence-electron chi connectivity index (χ0n) is 11.7. The van der Waals surface area contributed by atoms with E-state index in [9.17, 15) is 5.11 Å². The lowest BCUT2D eigenvalue weighted by Crippen LogP contribution is -2.19. The first-order chi connectivity index (χ1) is 10.6. The fourth-order valence-electron chi connectivity index (χ4n) is 1.96. The molecule has 0 aromatic heterocycles. The van der Waals surface area contributed by atoms with Gasteiger partial charge >= 0.3 is 0 Å². The van der Waals surface area contributed by atoms with Crippen LogP contribution in [0.3, 0.4) is 0 Å². The van der Waals surface area contributed by atoms with Gasteiger partial charge in [0.15, 0.2) is 11.7 Å². The standard InChI is InChI=1S/C14H17N7O/c15-13(20-17)9-3-1-2-4-11(9)19-12-7-8(22)5-6-10(12)14(16)21-18/h1-7,19,22H,17-18H2,(H2,15,20)(H2,16,21). The molecule has 0 radical (unpaired) electrons. The summed E-state index contributed by atoms with van der Waals surface area (Å²) in [5, 5.41) is 19.8. The van der Waals surface area contributed by atoms with Crippen molar-refractivity contribution in [1.82, 2.24) is 0 Å². The van der Waals surface area contributed by atoms with Gasteiger partial charge in [-0.2, -0.15) is 10.2 Å². The van der Waals surface area contributed by atoms with Crippen molar-refractivity contribution in [2.75, 3.05) is 5.32 Å². The molecule has 8 heteroatoms. The highest BCUT2D eigenvalue weighted by molar-refractivity contribution is 6.05. The number of para-hydroxylation sites is 1. The van der Waals surface area contributed by atoms with E-state index in [1.807, 2.05) is 6.07 Å². The van der Waals surface area contributed by atoms with Crippen molar-refractivity contribution in [2.24, 2.45) is 33.4 Å². The van der Waals surface area contributed by atoms with Gasteiger partial charge in [-0.3, -0.25) is 0 Å². The van der Waals surface area contributed by atoms with Crippen molar-refractivity contribution in [3.63, 3.8) is 0 Å². The van der Waals surface area contributed by atoms with E-state index < -0.39 is 0 Å². The molecule has 0 fully saturated rings. The highest BCUT2D eigenvalue weighted by Crippen LogP contribution is 2.27. The molecule has 0 saturated carbocycles. The number of rotatable bonds is 4. The lowest BCUT2D eigenvalue weighted by Gasteiger charge is -2.14. The zero-order chi connectivity index (χ0) is 16.1. The highest BCUT2D eigenvalue weighted by atomic mass is 16.3. The van der Waals surface area contributed by atoms with Crippen molar-refractivity contribution in [3.8, 4) is 5.75 Å². The van der Waals surface area contributed by atoms with Crippen molar-refractivity contribution < 1.29 is 5.11 Å². The van der Waals surface area contributed by atoms with Crippen LogP contribution >= 0.6 is 0 Å². The molecule has 2 rings (SSSR count). The quantitative estimate of drug-likeness (QED) is 0.206. The summed E-state index contributed by atoms with van der Waals surface area (Å²) in [6.45, 7) is 0. The fourth-order valence-corrected chi connectivity index (χ4v) is 1.96. The number of hydrogen-bond acceptors (Lipinski definition) is 6. The van der Waals surface area contributed by atoms with Crippen LogP contribution in [0.1, 0.15) is 11.1 Å². The minimum absolute atomic E-state index is 0.0639. The van der Waals surface area contributed by atoms with Gasteiger partial charge < -0.3 is 33.6 Å². The Morgan fingerprint density at radius 1 is 0.864 bits per heavy atom. The summed E-state index contributed by atoms with van der Waals surface area (Å²) in [5.74, 6) is 10.8. The van der Waals surface area contributed by atoms with Gasteiger partial charge in [-0.15, -0.1) is 0 Å². The fraction of sp³-hybridized carbons (Fsp3) is 0. The first-order valence-electron chi connectivity index (χ1n) is 6.33. The normalized spacial score (nSPS) is 12.2. The number of phenolic OH excluding ortho intramolecular Hbond substituents is 1. The minimum Gasteiger partial charge on any atom is -0.508 e. The van der Waals surface area contributed by atoms with Crippen LogP contribution < -0.4 is 28.5 Å². The Hall–Kier alpha value is -3.42. The van der Waals surface area contributed by atoms with Gasteiger partial charge in [0.05, 0.1) is 5.69 Å². The van der Waals surface area contributed by atoms with Crippen LogP contribution in [0.2, 0.25) is 0 Å². The summed E-state index contributed by atoms with van der Waals surface area (Å²) in [6.07, 6.45) is 0. The Morgan fingerprint density at radius 2 is 1.45 bits per heavy atom. The number of amidine groups is 2. The summed E-state index contributed by atoms with van der Waals surface area (Å²) >= 11 is 0. The van der Waals surface area contributed by atoms with Gasteiger partial charge in [-0.05, 0) is 24.3 Å². The van der Waals surface area contributed by atoms with Gasteiger partial charge in [0.2, 0.25) is 0 Å². The second-order valence-corrected chi connectivity index (χ2v) is 4.43. The largest absolute Gasteiger partial charge is 0.508 e. The number of aromatic hydroxyl groups is 1. The summed E-state index contributed by atoms with van der Waals surface area (Å²) in [5.41, 5.74) is 13.8. The van der Waals surface area contributed by atoms with Crippen LogP contribution in [0, 0.1) is 0 Å². The molecule has 0 atom stereocenters. The zero-order valence-corrected chi connectivity index (χ0v) is 11.7. The van der Waals surface area contributed by atoms with Crippen LogP contribution in [0.4, 0.5) is 11.4 Å². The Bertz CT molecular complexity index is 740. The van der Waals surface area contributed by atoms with Crippen LogP contribution in [0.15, 0.2) is 52.7 Å². The molecule has 0 saturated heterocycles. The maximum Gasteiger partial charge on any atom is 0.152 e. The summed E-state index contributed by atoms with van der Waals surface area (Å²) < 4.78 is 0. The second kappa shape index (κ2) is 6.35. The Labute approximate surface area is 127 Å². The first kappa shape index (κ1) is 15.0.